The molecule has 4 heteroatoms. The van der Waals surface area contributed by atoms with Gasteiger partial charge in [-0.15, -0.1) is 0 Å². The van der Waals surface area contributed by atoms with Crippen LogP contribution in [0.3, 0.4) is 0 Å². The number of unbranched alkanes of at least 4 members (excludes halogenated alkanes) is 3. The Morgan fingerprint density at radius 2 is 1.38 bits per heavy atom. The fourth-order valence-electron chi connectivity index (χ4n) is 2.50. The molecule has 0 spiro atoms. The van der Waals surface area contributed by atoms with Gasteiger partial charge in [0, 0.05) is 0 Å². The molecule has 1 aliphatic heterocycles. The SMILES string of the molecule is CCCCC/C=C/C/C=C/C/C=C/C/C=C/CCC1OC(=O)C(O)=C1O. The Hall–Kier alpha value is -2.23. The van der Waals surface area contributed by atoms with E-state index in [0.29, 0.717) is 12.8 Å². The maximum atomic E-state index is 11.0. The molecule has 2 N–H and O–H groups in total. The van der Waals surface area contributed by atoms with Crippen LogP contribution in [0.1, 0.15) is 64.7 Å². The van der Waals surface area contributed by atoms with Crippen LogP contribution in [0.15, 0.2) is 60.1 Å². The van der Waals surface area contributed by atoms with Crippen molar-refractivity contribution in [2.75, 3.05) is 0 Å². The summed E-state index contributed by atoms with van der Waals surface area (Å²) in [7, 11) is 0. The normalized spacial score (nSPS) is 18.3. The summed E-state index contributed by atoms with van der Waals surface area (Å²) in [5.41, 5.74) is 0. The van der Waals surface area contributed by atoms with Crippen LogP contribution in [0, 0.1) is 0 Å². The van der Waals surface area contributed by atoms with E-state index in [1.165, 1.54) is 25.7 Å². The topological polar surface area (TPSA) is 66.8 Å². The molecule has 0 aliphatic carbocycles. The predicted octanol–water partition coefficient (Wildman–Crippen LogP) is 6.00. The summed E-state index contributed by atoms with van der Waals surface area (Å²) in [5.74, 6) is -1.87. The number of esters is 1. The summed E-state index contributed by atoms with van der Waals surface area (Å²) in [5, 5.41) is 18.7. The van der Waals surface area contributed by atoms with Gasteiger partial charge in [-0.1, -0.05) is 68.4 Å². The van der Waals surface area contributed by atoms with Gasteiger partial charge < -0.3 is 14.9 Å². The molecule has 1 heterocycles. The molecule has 26 heavy (non-hydrogen) atoms. The summed E-state index contributed by atoms with van der Waals surface area (Å²) in [4.78, 5) is 11.0. The molecule has 0 aromatic rings. The van der Waals surface area contributed by atoms with Crippen molar-refractivity contribution in [1.82, 2.24) is 0 Å². The molecule has 0 aromatic heterocycles. The smallest absolute Gasteiger partial charge is 0.377 e. The summed E-state index contributed by atoms with van der Waals surface area (Å²) in [6.45, 7) is 2.22. The van der Waals surface area contributed by atoms with Crippen molar-refractivity contribution in [2.45, 2.75) is 70.8 Å². The molecule has 0 saturated heterocycles. The summed E-state index contributed by atoms with van der Waals surface area (Å²) >= 11 is 0. The van der Waals surface area contributed by atoms with Gasteiger partial charge in [-0.05, 0) is 44.9 Å². The second-order valence-corrected chi connectivity index (χ2v) is 6.29. The molecule has 0 aromatic carbocycles. The van der Waals surface area contributed by atoms with Crippen molar-refractivity contribution in [3.05, 3.63) is 60.1 Å². The van der Waals surface area contributed by atoms with Crippen LogP contribution in [0.5, 0.6) is 0 Å². The Morgan fingerprint density at radius 3 is 1.88 bits per heavy atom. The largest absolute Gasteiger partial charge is 0.505 e. The van der Waals surface area contributed by atoms with E-state index in [4.69, 9.17) is 4.74 Å². The van der Waals surface area contributed by atoms with Gasteiger partial charge in [-0.3, -0.25) is 0 Å². The fraction of sp³-hybridized carbons (Fsp3) is 0.500. The number of hydrogen-bond donors (Lipinski definition) is 2. The number of carbonyl (C=O) groups excluding carboxylic acids is 1. The third kappa shape index (κ3) is 9.30. The van der Waals surface area contributed by atoms with Crippen LogP contribution < -0.4 is 0 Å². The first-order valence-corrected chi connectivity index (χ1v) is 9.59. The van der Waals surface area contributed by atoms with E-state index in [1.54, 1.807) is 0 Å². The average Bonchev–Trinajstić information content (AvgIpc) is 2.88. The van der Waals surface area contributed by atoms with Gasteiger partial charge in [0.25, 0.3) is 0 Å². The standard InChI is InChI=1S/C22H32O4/c1-2-3-4-5-6-7-8-9-10-11-12-13-14-15-16-17-18-19-20(23)21(24)22(25)26-19/h6-7,9-10,12-13,15-16,19,23-24H,2-5,8,11,14,17-18H2,1H3/b7-6+,10-9+,13-12+,16-15+. The van der Waals surface area contributed by atoms with Gasteiger partial charge in [0.1, 0.15) is 0 Å². The summed E-state index contributed by atoms with van der Waals surface area (Å²) in [6.07, 6.45) is 25.4. The maximum absolute atomic E-state index is 11.0. The lowest BCUT2D eigenvalue weighted by atomic mass is 10.1. The minimum absolute atomic E-state index is 0.356. The third-order valence-electron chi connectivity index (χ3n) is 4.04. The number of hydrogen-bond acceptors (Lipinski definition) is 4. The molecule has 0 amide bonds. The van der Waals surface area contributed by atoms with E-state index >= 15 is 0 Å². The van der Waals surface area contributed by atoms with E-state index < -0.39 is 17.8 Å². The minimum Gasteiger partial charge on any atom is -0.505 e. The zero-order valence-corrected chi connectivity index (χ0v) is 15.8. The first kappa shape index (κ1) is 21.8. The first-order chi connectivity index (χ1) is 12.7. The third-order valence-corrected chi connectivity index (χ3v) is 4.04. The molecule has 1 unspecified atom stereocenters. The predicted molar refractivity (Wildman–Crippen MR) is 106 cm³/mol. The monoisotopic (exact) mass is 360 g/mol. The quantitative estimate of drug-likeness (QED) is 0.240. The number of aliphatic hydroxyl groups is 2. The van der Waals surface area contributed by atoms with E-state index in [1.807, 2.05) is 12.2 Å². The minimum atomic E-state index is -0.848. The second kappa shape index (κ2) is 14.0. The highest BCUT2D eigenvalue weighted by atomic mass is 16.6. The number of allylic oxidation sites excluding steroid dienone is 8. The lowest BCUT2D eigenvalue weighted by Crippen LogP contribution is -2.10. The van der Waals surface area contributed by atoms with Crippen molar-refractivity contribution < 1.29 is 19.7 Å². The Balaban J connectivity index is 2.01. The van der Waals surface area contributed by atoms with Crippen LogP contribution in [-0.4, -0.2) is 22.3 Å². The molecule has 1 rings (SSSR count). The lowest BCUT2D eigenvalue weighted by molar-refractivity contribution is -0.142. The Bertz CT molecular complexity index is 552. The maximum Gasteiger partial charge on any atom is 0.377 e. The second-order valence-electron chi connectivity index (χ2n) is 6.29. The number of carbonyl (C=O) groups is 1. The van der Waals surface area contributed by atoms with E-state index in [2.05, 4.69) is 43.4 Å². The molecule has 0 bridgehead atoms. The fourth-order valence-corrected chi connectivity index (χ4v) is 2.50. The van der Waals surface area contributed by atoms with Crippen molar-refractivity contribution in [3.8, 4) is 0 Å². The zero-order chi connectivity index (χ0) is 19.0. The molecule has 144 valence electrons. The lowest BCUT2D eigenvalue weighted by Gasteiger charge is -2.07. The van der Waals surface area contributed by atoms with Crippen LogP contribution in [0.25, 0.3) is 0 Å². The highest BCUT2D eigenvalue weighted by Gasteiger charge is 2.33. The van der Waals surface area contributed by atoms with Gasteiger partial charge in [0.15, 0.2) is 11.9 Å². The number of ether oxygens (including phenoxy) is 1. The van der Waals surface area contributed by atoms with Crippen LogP contribution in [-0.2, 0) is 9.53 Å². The van der Waals surface area contributed by atoms with Gasteiger partial charge in [0.2, 0.25) is 5.76 Å². The van der Waals surface area contributed by atoms with E-state index in [-0.39, 0.29) is 5.76 Å². The molecule has 1 atom stereocenters. The molecule has 0 saturated carbocycles. The first-order valence-electron chi connectivity index (χ1n) is 9.59. The Kier molecular flexibility index (Phi) is 11.7. The molecule has 0 fully saturated rings. The van der Waals surface area contributed by atoms with Crippen molar-refractivity contribution in [3.63, 3.8) is 0 Å². The van der Waals surface area contributed by atoms with Gasteiger partial charge >= 0.3 is 5.97 Å². The van der Waals surface area contributed by atoms with Crippen molar-refractivity contribution in [1.29, 1.82) is 0 Å². The highest BCUT2D eigenvalue weighted by Crippen LogP contribution is 2.22. The highest BCUT2D eigenvalue weighted by molar-refractivity contribution is 5.88. The molecule has 4 nitrogen and oxygen atoms in total. The van der Waals surface area contributed by atoms with E-state index in [0.717, 1.165) is 19.3 Å². The Morgan fingerprint density at radius 1 is 0.846 bits per heavy atom. The zero-order valence-electron chi connectivity index (χ0n) is 15.8. The number of aliphatic hydroxyl groups excluding tert-OH is 2. The van der Waals surface area contributed by atoms with Crippen molar-refractivity contribution in [2.24, 2.45) is 0 Å². The molecule has 1 aliphatic rings. The molecular weight excluding hydrogens is 328 g/mol. The average molecular weight is 360 g/mol. The van der Waals surface area contributed by atoms with Crippen LogP contribution in [0.2, 0.25) is 0 Å². The van der Waals surface area contributed by atoms with Crippen LogP contribution in [0.4, 0.5) is 0 Å². The van der Waals surface area contributed by atoms with Gasteiger partial charge in [-0.25, -0.2) is 4.79 Å². The van der Waals surface area contributed by atoms with E-state index in [9.17, 15) is 15.0 Å². The Labute approximate surface area is 157 Å². The van der Waals surface area contributed by atoms with Crippen LogP contribution >= 0.6 is 0 Å². The van der Waals surface area contributed by atoms with Gasteiger partial charge in [0.05, 0.1) is 0 Å². The number of cyclic esters (lactones) is 1. The molecular formula is C22H32O4. The van der Waals surface area contributed by atoms with Crippen molar-refractivity contribution >= 4 is 5.97 Å². The molecule has 0 radical (unpaired) electrons. The summed E-state index contributed by atoms with van der Waals surface area (Å²) in [6, 6.07) is 0. The van der Waals surface area contributed by atoms with Gasteiger partial charge in [-0.2, -0.15) is 0 Å². The summed E-state index contributed by atoms with van der Waals surface area (Å²) < 4.78 is 4.84. The number of rotatable bonds is 13.